The van der Waals surface area contributed by atoms with Crippen LogP contribution in [0.15, 0.2) is 18.2 Å². The van der Waals surface area contributed by atoms with Crippen LogP contribution in [0, 0.1) is 0 Å². The van der Waals surface area contributed by atoms with Crippen LogP contribution >= 0.6 is 38.9 Å². The molecule has 62 valence electrons. The quantitative estimate of drug-likeness (QED) is 0.712. The molecule has 2 aromatic rings. The lowest BCUT2D eigenvalue weighted by Gasteiger charge is -1.86. The summed E-state index contributed by atoms with van der Waals surface area (Å²) in [6.45, 7) is 0. The van der Waals surface area contributed by atoms with Crippen LogP contribution in [0.3, 0.4) is 0 Å². The third kappa shape index (κ3) is 1.49. The van der Waals surface area contributed by atoms with E-state index in [1.807, 2.05) is 18.2 Å². The van der Waals surface area contributed by atoms with Crippen LogP contribution in [0.2, 0.25) is 5.02 Å². The average Bonchev–Trinajstić information content (AvgIpc) is 2.46. The largest absolute Gasteiger partial charge is 0.240 e. The van der Waals surface area contributed by atoms with Crippen LogP contribution in [0.1, 0.15) is 5.01 Å². The fraction of sp³-hybridized carbons (Fsp3) is 0.125. The Morgan fingerprint density at radius 3 is 3.08 bits per heavy atom. The van der Waals surface area contributed by atoms with Crippen LogP contribution in [0.5, 0.6) is 0 Å². The van der Waals surface area contributed by atoms with Crippen LogP contribution in [0.25, 0.3) is 10.2 Å². The highest BCUT2D eigenvalue weighted by atomic mass is 79.9. The van der Waals surface area contributed by atoms with Gasteiger partial charge in [0.25, 0.3) is 0 Å². The zero-order valence-electron chi connectivity index (χ0n) is 6.05. The summed E-state index contributed by atoms with van der Waals surface area (Å²) < 4.78 is 1.19. The molecule has 0 N–H and O–H groups in total. The van der Waals surface area contributed by atoms with Gasteiger partial charge in [-0.2, -0.15) is 0 Å². The van der Waals surface area contributed by atoms with Crippen molar-refractivity contribution in [1.29, 1.82) is 0 Å². The van der Waals surface area contributed by atoms with E-state index >= 15 is 0 Å². The monoisotopic (exact) mass is 261 g/mol. The molecular weight excluding hydrogens is 258 g/mol. The van der Waals surface area contributed by atoms with E-state index in [1.54, 1.807) is 11.3 Å². The van der Waals surface area contributed by atoms with Crippen molar-refractivity contribution in [2.45, 2.75) is 5.33 Å². The second-order valence-electron chi connectivity index (χ2n) is 2.35. The smallest absolute Gasteiger partial charge is 0.104 e. The zero-order valence-corrected chi connectivity index (χ0v) is 9.21. The molecule has 1 aromatic carbocycles. The molecule has 0 bridgehead atoms. The van der Waals surface area contributed by atoms with Crippen LogP contribution in [-0.2, 0) is 5.33 Å². The van der Waals surface area contributed by atoms with Crippen molar-refractivity contribution in [3.8, 4) is 0 Å². The summed E-state index contributed by atoms with van der Waals surface area (Å²) in [5, 5.41) is 2.64. The molecule has 1 nitrogen and oxygen atoms in total. The van der Waals surface area contributed by atoms with Crippen molar-refractivity contribution in [3.63, 3.8) is 0 Å². The number of halogens is 2. The third-order valence-electron chi connectivity index (χ3n) is 1.51. The highest BCUT2D eigenvalue weighted by Gasteiger charge is 2.01. The minimum atomic E-state index is 0.744. The summed E-state index contributed by atoms with van der Waals surface area (Å²) in [5.41, 5.74) is 0.988. The number of benzene rings is 1. The normalized spacial score (nSPS) is 10.8. The molecule has 1 heterocycles. The Kier molecular flexibility index (Phi) is 2.35. The van der Waals surface area contributed by atoms with E-state index in [2.05, 4.69) is 20.9 Å². The molecule has 0 saturated carbocycles. The van der Waals surface area contributed by atoms with Crippen molar-refractivity contribution in [1.82, 2.24) is 4.98 Å². The van der Waals surface area contributed by atoms with Gasteiger partial charge < -0.3 is 0 Å². The molecule has 2 rings (SSSR count). The molecule has 0 amide bonds. The molecule has 0 unspecified atom stereocenters. The summed E-state index contributed by atoms with van der Waals surface area (Å²) in [4.78, 5) is 4.38. The van der Waals surface area contributed by atoms with Gasteiger partial charge in [0, 0.05) is 5.02 Å². The number of fused-ring (bicyclic) bond motifs is 1. The van der Waals surface area contributed by atoms with E-state index in [0.29, 0.717) is 0 Å². The van der Waals surface area contributed by atoms with Crippen LogP contribution in [-0.4, -0.2) is 4.98 Å². The lowest BCUT2D eigenvalue weighted by Crippen LogP contribution is -1.71. The number of aromatic nitrogens is 1. The zero-order chi connectivity index (χ0) is 8.55. The highest BCUT2D eigenvalue weighted by molar-refractivity contribution is 9.08. The number of nitrogens with zero attached hydrogens (tertiary/aromatic N) is 1. The van der Waals surface area contributed by atoms with Gasteiger partial charge in [0.2, 0.25) is 0 Å². The Bertz CT molecular complexity index is 412. The first kappa shape index (κ1) is 8.48. The van der Waals surface area contributed by atoms with E-state index in [-0.39, 0.29) is 0 Å². The molecule has 0 atom stereocenters. The van der Waals surface area contributed by atoms with E-state index < -0.39 is 0 Å². The fourth-order valence-electron chi connectivity index (χ4n) is 1.01. The number of hydrogen-bond donors (Lipinski definition) is 0. The minimum Gasteiger partial charge on any atom is -0.240 e. The van der Waals surface area contributed by atoms with Gasteiger partial charge in [-0.25, -0.2) is 4.98 Å². The summed E-state index contributed by atoms with van der Waals surface area (Å²) >= 11 is 10.9. The average molecular weight is 263 g/mol. The predicted molar refractivity (Wildman–Crippen MR) is 57.3 cm³/mol. The first-order valence-electron chi connectivity index (χ1n) is 3.40. The third-order valence-corrected chi connectivity index (χ3v) is 3.68. The number of rotatable bonds is 1. The van der Waals surface area contributed by atoms with E-state index in [9.17, 15) is 0 Å². The number of thiazole rings is 1. The topological polar surface area (TPSA) is 12.9 Å². The van der Waals surface area contributed by atoms with Crippen LogP contribution in [0.4, 0.5) is 0 Å². The summed E-state index contributed by atoms with van der Waals surface area (Å²) in [6, 6.07) is 5.78. The first-order valence-corrected chi connectivity index (χ1v) is 5.72. The minimum absolute atomic E-state index is 0.744. The Labute approximate surface area is 87.5 Å². The fourth-order valence-corrected chi connectivity index (χ4v) is 2.44. The molecule has 0 aliphatic heterocycles. The molecule has 1 aromatic heterocycles. The lowest BCUT2D eigenvalue weighted by atomic mass is 10.3. The van der Waals surface area contributed by atoms with E-state index in [4.69, 9.17) is 11.6 Å². The molecule has 0 fully saturated rings. The van der Waals surface area contributed by atoms with Gasteiger partial charge >= 0.3 is 0 Å². The molecule has 0 saturated heterocycles. The Hall–Kier alpha value is -0.120. The van der Waals surface area contributed by atoms with E-state index in [0.717, 1.165) is 20.9 Å². The van der Waals surface area contributed by atoms with Gasteiger partial charge in [0.1, 0.15) is 5.01 Å². The lowest BCUT2D eigenvalue weighted by molar-refractivity contribution is 1.32. The maximum atomic E-state index is 5.82. The SMILES string of the molecule is Clc1ccc2sc(CBr)nc2c1. The van der Waals surface area contributed by atoms with Crippen molar-refractivity contribution in [3.05, 3.63) is 28.2 Å². The molecule has 0 radical (unpaired) electrons. The first-order chi connectivity index (χ1) is 5.79. The summed E-state index contributed by atoms with van der Waals surface area (Å²) in [7, 11) is 0. The van der Waals surface area contributed by atoms with E-state index in [1.165, 1.54) is 4.70 Å². The maximum Gasteiger partial charge on any atom is 0.104 e. The van der Waals surface area contributed by atoms with Gasteiger partial charge in [-0.1, -0.05) is 27.5 Å². The molecule has 0 spiro atoms. The summed E-state index contributed by atoms with van der Waals surface area (Å²) in [6.07, 6.45) is 0. The van der Waals surface area contributed by atoms with Crippen molar-refractivity contribution in [2.24, 2.45) is 0 Å². The van der Waals surface area contributed by atoms with Crippen molar-refractivity contribution >= 4 is 49.1 Å². The number of alkyl halides is 1. The Morgan fingerprint density at radius 1 is 1.50 bits per heavy atom. The van der Waals surface area contributed by atoms with Gasteiger partial charge in [0.15, 0.2) is 0 Å². The van der Waals surface area contributed by atoms with Crippen molar-refractivity contribution in [2.75, 3.05) is 0 Å². The van der Waals surface area contributed by atoms with Crippen molar-refractivity contribution < 1.29 is 0 Å². The standard InChI is InChI=1S/C8H5BrClNS/c9-4-8-11-6-3-5(10)1-2-7(6)12-8/h1-3H,4H2. The molecule has 0 aliphatic carbocycles. The second-order valence-corrected chi connectivity index (χ2v) is 4.47. The maximum absolute atomic E-state index is 5.82. The van der Waals surface area contributed by atoms with Gasteiger partial charge in [-0.15, -0.1) is 11.3 Å². The van der Waals surface area contributed by atoms with Gasteiger partial charge in [-0.3, -0.25) is 0 Å². The Balaban J connectivity index is 2.67. The Morgan fingerprint density at radius 2 is 2.33 bits per heavy atom. The molecule has 12 heavy (non-hydrogen) atoms. The molecule has 0 aliphatic rings. The van der Waals surface area contributed by atoms with Gasteiger partial charge in [-0.05, 0) is 18.2 Å². The van der Waals surface area contributed by atoms with Crippen LogP contribution < -0.4 is 0 Å². The molecule has 4 heteroatoms. The number of hydrogen-bond acceptors (Lipinski definition) is 2. The summed E-state index contributed by atoms with van der Waals surface area (Å²) in [5.74, 6) is 0. The predicted octanol–water partition coefficient (Wildman–Crippen LogP) is 3.84. The highest BCUT2D eigenvalue weighted by Crippen LogP contribution is 2.25. The molecular formula is C8H5BrClNS. The van der Waals surface area contributed by atoms with Gasteiger partial charge in [0.05, 0.1) is 15.5 Å². The second kappa shape index (κ2) is 3.32.